The Morgan fingerprint density at radius 2 is 0.918 bits per heavy atom. The topological polar surface area (TPSA) is 21.3 Å². The molecule has 0 atom stereocenters. The minimum atomic E-state index is 0.904. The van der Waals surface area contributed by atoms with E-state index in [4.69, 9.17) is 4.42 Å². The third kappa shape index (κ3) is 5.82. The van der Waals surface area contributed by atoms with Gasteiger partial charge in [0.1, 0.15) is 11.2 Å². The highest BCUT2D eigenvalue weighted by Crippen LogP contribution is 2.43. The van der Waals surface area contributed by atoms with Gasteiger partial charge in [-0.05, 0) is 93.7 Å². The Morgan fingerprint density at radius 1 is 0.344 bits per heavy atom. The Balaban J connectivity index is 0.925. The normalized spacial score (nSPS) is 11.6. The standard InChI is InChI=1S/C58H38N2O/c1-2-13-41(14-3-1)47-16-6-9-22-53(47)59(45-36-29-43(30-37-45)49-20-12-21-51-50-18-8-11-24-56(50)61-58(49)51)44-32-25-39(26-33-44)40-27-34-46(35-28-40)60-54-23-10-7-19-52(54)57-48-17-5-4-15-42(48)31-38-55(57)60/h1-38H. The first-order valence-electron chi connectivity index (χ1n) is 20.8. The molecule has 0 bridgehead atoms. The molecule has 0 N–H and O–H groups in total. The van der Waals surface area contributed by atoms with Crippen LogP contribution in [0.5, 0.6) is 0 Å². The lowest BCUT2D eigenvalue weighted by Gasteiger charge is -2.28. The van der Waals surface area contributed by atoms with Gasteiger partial charge in [0, 0.05) is 49.7 Å². The van der Waals surface area contributed by atoms with E-state index in [2.05, 4.69) is 228 Å². The van der Waals surface area contributed by atoms with Crippen molar-refractivity contribution in [2.24, 2.45) is 0 Å². The van der Waals surface area contributed by atoms with Crippen LogP contribution in [0.2, 0.25) is 0 Å². The van der Waals surface area contributed by atoms with Gasteiger partial charge in [0.25, 0.3) is 0 Å². The van der Waals surface area contributed by atoms with Gasteiger partial charge in [-0.15, -0.1) is 0 Å². The third-order valence-electron chi connectivity index (χ3n) is 12.2. The average molecular weight is 779 g/mol. The summed E-state index contributed by atoms with van der Waals surface area (Å²) >= 11 is 0. The van der Waals surface area contributed by atoms with Gasteiger partial charge >= 0.3 is 0 Å². The number of hydrogen-bond donors (Lipinski definition) is 0. The van der Waals surface area contributed by atoms with Crippen LogP contribution in [0, 0.1) is 0 Å². The fraction of sp³-hybridized carbons (Fsp3) is 0. The maximum atomic E-state index is 6.43. The molecule has 0 fully saturated rings. The molecule has 12 aromatic rings. The summed E-state index contributed by atoms with van der Waals surface area (Å²) in [5.41, 5.74) is 15.5. The van der Waals surface area contributed by atoms with E-state index in [9.17, 15) is 0 Å². The number of para-hydroxylation sites is 4. The van der Waals surface area contributed by atoms with Gasteiger partial charge in [0.15, 0.2) is 0 Å². The molecule has 10 aromatic carbocycles. The van der Waals surface area contributed by atoms with Crippen molar-refractivity contribution < 1.29 is 4.42 Å². The summed E-state index contributed by atoms with van der Waals surface area (Å²) < 4.78 is 8.83. The molecule has 2 aromatic heterocycles. The second-order valence-electron chi connectivity index (χ2n) is 15.7. The molecule has 0 saturated carbocycles. The van der Waals surface area contributed by atoms with Crippen LogP contribution in [-0.4, -0.2) is 4.57 Å². The summed E-state index contributed by atoms with van der Waals surface area (Å²) in [5, 5.41) is 7.37. The Kier molecular flexibility index (Phi) is 8.17. The number of nitrogens with zero attached hydrogens (tertiary/aromatic N) is 2. The Labute approximate surface area is 353 Å². The molecule has 2 heterocycles. The van der Waals surface area contributed by atoms with Gasteiger partial charge in [0.2, 0.25) is 0 Å². The van der Waals surface area contributed by atoms with Crippen molar-refractivity contribution in [2.45, 2.75) is 0 Å². The Bertz CT molecular complexity index is 3560. The van der Waals surface area contributed by atoms with Crippen molar-refractivity contribution >= 4 is 71.6 Å². The molecule has 0 aliphatic heterocycles. The Hall–Kier alpha value is -8.14. The lowest BCUT2D eigenvalue weighted by Crippen LogP contribution is -2.11. The molecule has 12 rings (SSSR count). The second kappa shape index (κ2) is 14.3. The van der Waals surface area contributed by atoms with Crippen molar-refractivity contribution in [3.63, 3.8) is 0 Å². The first kappa shape index (κ1) is 34.9. The smallest absolute Gasteiger partial charge is 0.143 e. The van der Waals surface area contributed by atoms with E-state index < -0.39 is 0 Å². The van der Waals surface area contributed by atoms with Crippen LogP contribution in [0.3, 0.4) is 0 Å². The molecule has 3 heteroatoms. The SMILES string of the molecule is c1ccc(-c2ccccc2N(c2ccc(-c3ccc(-n4c5ccccc5c5c6ccccc6ccc54)cc3)cc2)c2ccc(-c3cccc4c3oc3ccccc34)cc2)cc1. The van der Waals surface area contributed by atoms with Gasteiger partial charge in [0.05, 0.1) is 16.7 Å². The highest BCUT2D eigenvalue weighted by atomic mass is 16.3. The predicted octanol–water partition coefficient (Wildman–Crippen LogP) is 16.3. The summed E-state index contributed by atoms with van der Waals surface area (Å²) in [6.45, 7) is 0. The van der Waals surface area contributed by atoms with E-state index >= 15 is 0 Å². The first-order chi connectivity index (χ1) is 30.3. The zero-order valence-corrected chi connectivity index (χ0v) is 33.2. The predicted molar refractivity (Wildman–Crippen MR) is 257 cm³/mol. The first-order valence-corrected chi connectivity index (χ1v) is 20.8. The van der Waals surface area contributed by atoms with Crippen molar-refractivity contribution in [3.05, 3.63) is 231 Å². The maximum absolute atomic E-state index is 6.43. The van der Waals surface area contributed by atoms with E-state index in [0.717, 1.165) is 66.9 Å². The van der Waals surface area contributed by atoms with Crippen LogP contribution in [0.1, 0.15) is 0 Å². The minimum absolute atomic E-state index is 0.904. The van der Waals surface area contributed by atoms with Crippen LogP contribution < -0.4 is 4.90 Å². The van der Waals surface area contributed by atoms with Crippen LogP contribution in [0.25, 0.3) is 93.6 Å². The maximum Gasteiger partial charge on any atom is 0.143 e. The molecule has 0 radical (unpaired) electrons. The van der Waals surface area contributed by atoms with Crippen LogP contribution in [0.4, 0.5) is 17.1 Å². The van der Waals surface area contributed by atoms with Gasteiger partial charge in [-0.3, -0.25) is 0 Å². The summed E-state index contributed by atoms with van der Waals surface area (Å²) in [7, 11) is 0. The van der Waals surface area contributed by atoms with E-state index in [1.807, 2.05) is 12.1 Å². The molecule has 0 spiro atoms. The quantitative estimate of drug-likeness (QED) is 0.161. The van der Waals surface area contributed by atoms with E-state index in [0.29, 0.717) is 0 Å². The zero-order chi connectivity index (χ0) is 40.3. The fourth-order valence-corrected chi connectivity index (χ4v) is 9.35. The molecule has 0 aliphatic rings. The molecule has 0 saturated heterocycles. The highest BCUT2D eigenvalue weighted by Gasteiger charge is 2.19. The lowest BCUT2D eigenvalue weighted by atomic mass is 9.99. The van der Waals surface area contributed by atoms with Crippen LogP contribution in [0.15, 0.2) is 235 Å². The van der Waals surface area contributed by atoms with Gasteiger partial charge < -0.3 is 13.9 Å². The van der Waals surface area contributed by atoms with E-state index in [1.165, 1.54) is 43.7 Å². The molecule has 0 amide bonds. The third-order valence-corrected chi connectivity index (χ3v) is 12.2. The van der Waals surface area contributed by atoms with E-state index in [1.54, 1.807) is 0 Å². The van der Waals surface area contributed by atoms with Crippen LogP contribution in [-0.2, 0) is 0 Å². The molecule has 3 nitrogen and oxygen atoms in total. The number of anilines is 3. The molecule has 286 valence electrons. The summed E-state index contributed by atoms with van der Waals surface area (Å²) in [4.78, 5) is 2.37. The fourth-order valence-electron chi connectivity index (χ4n) is 9.35. The van der Waals surface area contributed by atoms with E-state index in [-0.39, 0.29) is 0 Å². The van der Waals surface area contributed by atoms with Gasteiger partial charge in [-0.2, -0.15) is 0 Å². The molecular formula is C58H38N2O. The molecule has 0 unspecified atom stereocenters. The molecule has 61 heavy (non-hydrogen) atoms. The van der Waals surface area contributed by atoms with Crippen molar-refractivity contribution in [1.82, 2.24) is 4.57 Å². The number of rotatable bonds is 7. The summed E-state index contributed by atoms with van der Waals surface area (Å²) in [6, 6.07) is 82.8. The van der Waals surface area contributed by atoms with Crippen LogP contribution >= 0.6 is 0 Å². The van der Waals surface area contributed by atoms with Gasteiger partial charge in [-0.1, -0.05) is 170 Å². The number of furan rings is 1. The average Bonchev–Trinajstić information content (AvgIpc) is 3.89. The summed E-state index contributed by atoms with van der Waals surface area (Å²) in [5.74, 6) is 0. The monoisotopic (exact) mass is 778 g/mol. The van der Waals surface area contributed by atoms with Crippen molar-refractivity contribution in [2.75, 3.05) is 4.90 Å². The number of benzene rings is 10. The highest BCUT2D eigenvalue weighted by molar-refractivity contribution is 6.21. The largest absolute Gasteiger partial charge is 0.455 e. The number of fused-ring (bicyclic) bond motifs is 8. The number of hydrogen-bond acceptors (Lipinski definition) is 2. The van der Waals surface area contributed by atoms with Crippen molar-refractivity contribution in [1.29, 1.82) is 0 Å². The molecule has 0 aliphatic carbocycles. The lowest BCUT2D eigenvalue weighted by molar-refractivity contribution is 0.670. The molecular weight excluding hydrogens is 741 g/mol. The van der Waals surface area contributed by atoms with Crippen molar-refractivity contribution in [3.8, 4) is 39.1 Å². The number of aromatic nitrogens is 1. The zero-order valence-electron chi connectivity index (χ0n) is 33.2. The Morgan fingerprint density at radius 3 is 1.70 bits per heavy atom. The van der Waals surface area contributed by atoms with Gasteiger partial charge in [-0.25, -0.2) is 0 Å². The second-order valence-corrected chi connectivity index (χ2v) is 15.7. The summed E-state index contributed by atoms with van der Waals surface area (Å²) in [6.07, 6.45) is 0. The minimum Gasteiger partial charge on any atom is -0.455 e.